The summed E-state index contributed by atoms with van der Waals surface area (Å²) in [5.41, 5.74) is -0.329. The SMILES string of the molecule is CC(=O)N(C)N1C(=O)C(O)(c2ccccc2)c2ccccc21. The molecule has 0 spiro atoms. The summed E-state index contributed by atoms with van der Waals surface area (Å²) in [6.07, 6.45) is 0. The Hall–Kier alpha value is -2.66. The zero-order valence-corrected chi connectivity index (χ0v) is 12.4. The second-order valence-corrected chi connectivity index (χ2v) is 5.25. The van der Waals surface area contributed by atoms with E-state index in [0.29, 0.717) is 16.8 Å². The Labute approximate surface area is 128 Å². The average molecular weight is 296 g/mol. The van der Waals surface area contributed by atoms with E-state index in [1.807, 2.05) is 6.07 Å². The number of hydrogen-bond acceptors (Lipinski definition) is 3. The second-order valence-electron chi connectivity index (χ2n) is 5.25. The van der Waals surface area contributed by atoms with E-state index in [1.54, 1.807) is 48.5 Å². The van der Waals surface area contributed by atoms with E-state index in [4.69, 9.17) is 0 Å². The number of carbonyl (C=O) groups is 2. The van der Waals surface area contributed by atoms with Crippen LogP contribution in [0.1, 0.15) is 18.1 Å². The fraction of sp³-hybridized carbons (Fsp3) is 0.176. The van der Waals surface area contributed by atoms with Crippen LogP contribution >= 0.6 is 0 Å². The topological polar surface area (TPSA) is 60.9 Å². The van der Waals surface area contributed by atoms with Crippen LogP contribution in [-0.4, -0.2) is 29.0 Å². The highest BCUT2D eigenvalue weighted by molar-refractivity contribution is 6.09. The standard InChI is InChI=1S/C17H16N2O3/c1-12(20)18(2)19-15-11-7-6-10-14(15)17(22,16(19)21)13-8-4-3-5-9-13/h3-11,22H,1-2H3. The van der Waals surface area contributed by atoms with Gasteiger partial charge in [0.1, 0.15) is 0 Å². The molecule has 1 aliphatic heterocycles. The van der Waals surface area contributed by atoms with Gasteiger partial charge >= 0.3 is 0 Å². The van der Waals surface area contributed by atoms with Crippen molar-refractivity contribution in [3.63, 3.8) is 0 Å². The second kappa shape index (κ2) is 4.96. The van der Waals surface area contributed by atoms with Gasteiger partial charge in [0.2, 0.25) is 5.91 Å². The predicted octanol–water partition coefficient (Wildman–Crippen LogP) is 1.66. The molecule has 1 aliphatic rings. The molecule has 5 nitrogen and oxygen atoms in total. The molecule has 1 unspecified atom stereocenters. The third-order valence-electron chi connectivity index (χ3n) is 3.97. The quantitative estimate of drug-likeness (QED) is 0.917. The van der Waals surface area contributed by atoms with Gasteiger partial charge in [-0.2, -0.15) is 0 Å². The molecule has 1 heterocycles. The zero-order chi connectivity index (χ0) is 15.9. The lowest BCUT2D eigenvalue weighted by Crippen LogP contribution is -2.50. The lowest BCUT2D eigenvalue weighted by molar-refractivity contribution is -0.140. The van der Waals surface area contributed by atoms with E-state index in [9.17, 15) is 14.7 Å². The summed E-state index contributed by atoms with van der Waals surface area (Å²) >= 11 is 0. The molecule has 2 aromatic rings. The lowest BCUT2D eigenvalue weighted by atomic mass is 9.88. The zero-order valence-electron chi connectivity index (χ0n) is 12.4. The molecule has 1 N–H and O–H groups in total. The number of benzene rings is 2. The largest absolute Gasteiger partial charge is 0.372 e. The van der Waals surface area contributed by atoms with Gasteiger partial charge in [0, 0.05) is 19.5 Å². The van der Waals surface area contributed by atoms with Crippen molar-refractivity contribution < 1.29 is 14.7 Å². The summed E-state index contributed by atoms with van der Waals surface area (Å²) < 4.78 is 0. The monoisotopic (exact) mass is 296 g/mol. The molecular formula is C17H16N2O3. The summed E-state index contributed by atoms with van der Waals surface area (Å²) in [5, 5.41) is 13.6. The molecule has 3 rings (SSSR count). The van der Waals surface area contributed by atoms with Gasteiger partial charge < -0.3 is 5.11 Å². The Morgan fingerprint density at radius 1 is 1.09 bits per heavy atom. The van der Waals surface area contributed by atoms with E-state index < -0.39 is 11.5 Å². The van der Waals surface area contributed by atoms with Crippen molar-refractivity contribution in [3.05, 3.63) is 65.7 Å². The fourth-order valence-corrected chi connectivity index (χ4v) is 2.74. The number of hydrogen-bond donors (Lipinski definition) is 1. The first-order valence-electron chi connectivity index (χ1n) is 6.94. The first kappa shape index (κ1) is 14.3. The maximum atomic E-state index is 12.9. The number of aliphatic hydroxyl groups is 1. The predicted molar refractivity (Wildman–Crippen MR) is 81.8 cm³/mol. The van der Waals surface area contributed by atoms with Crippen molar-refractivity contribution in [1.82, 2.24) is 5.01 Å². The molecule has 2 amide bonds. The number of hydrazine groups is 1. The molecule has 0 saturated carbocycles. The van der Waals surface area contributed by atoms with E-state index in [-0.39, 0.29) is 5.91 Å². The van der Waals surface area contributed by atoms with Crippen LogP contribution < -0.4 is 5.01 Å². The fourth-order valence-electron chi connectivity index (χ4n) is 2.74. The van der Waals surface area contributed by atoms with Crippen LogP contribution in [-0.2, 0) is 15.2 Å². The Morgan fingerprint density at radius 2 is 1.68 bits per heavy atom. The molecular weight excluding hydrogens is 280 g/mol. The Morgan fingerprint density at radius 3 is 2.32 bits per heavy atom. The Kier molecular flexibility index (Phi) is 3.22. The molecule has 0 bridgehead atoms. The molecule has 5 heteroatoms. The van der Waals surface area contributed by atoms with Crippen LogP contribution in [0.2, 0.25) is 0 Å². The molecule has 0 fully saturated rings. The molecule has 0 saturated heterocycles. The van der Waals surface area contributed by atoms with Crippen molar-refractivity contribution in [2.75, 3.05) is 12.1 Å². The minimum absolute atomic E-state index is 0.291. The van der Waals surface area contributed by atoms with Crippen molar-refractivity contribution in [1.29, 1.82) is 0 Å². The van der Waals surface area contributed by atoms with Gasteiger partial charge in [-0.05, 0) is 11.6 Å². The molecule has 0 aliphatic carbocycles. The number of anilines is 1. The number of fused-ring (bicyclic) bond motifs is 1. The van der Waals surface area contributed by atoms with Crippen LogP contribution in [0.25, 0.3) is 0 Å². The number of carbonyl (C=O) groups excluding carboxylic acids is 2. The molecule has 112 valence electrons. The van der Waals surface area contributed by atoms with E-state index in [0.717, 1.165) is 0 Å². The highest BCUT2D eigenvalue weighted by Crippen LogP contribution is 2.44. The molecule has 22 heavy (non-hydrogen) atoms. The van der Waals surface area contributed by atoms with Crippen LogP contribution in [0.15, 0.2) is 54.6 Å². The Bertz CT molecular complexity index is 745. The van der Waals surface area contributed by atoms with Crippen LogP contribution in [0.4, 0.5) is 5.69 Å². The average Bonchev–Trinajstić information content (AvgIpc) is 2.77. The van der Waals surface area contributed by atoms with Crippen molar-refractivity contribution in [2.45, 2.75) is 12.5 Å². The lowest BCUT2D eigenvalue weighted by Gasteiger charge is -2.29. The minimum Gasteiger partial charge on any atom is -0.372 e. The third kappa shape index (κ3) is 1.83. The van der Waals surface area contributed by atoms with Gasteiger partial charge in [-0.3, -0.25) is 14.6 Å². The number of rotatable bonds is 2. The van der Waals surface area contributed by atoms with E-state index in [2.05, 4.69) is 0 Å². The van der Waals surface area contributed by atoms with Gasteiger partial charge in [-0.25, -0.2) is 5.01 Å². The van der Waals surface area contributed by atoms with Crippen molar-refractivity contribution >= 4 is 17.5 Å². The summed E-state index contributed by atoms with van der Waals surface area (Å²) in [6, 6.07) is 15.7. The summed E-state index contributed by atoms with van der Waals surface area (Å²) in [5.74, 6) is -0.849. The molecule has 0 radical (unpaired) electrons. The van der Waals surface area contributed by atoms with Crippen LogP contribution in [0.3, 0.4) is 0 Å². The van der Waals surface area contributed by atoms with Crippen LogP contribution in [0, 0.1) is 0 Å². The van der Waals surface area contributed by atoms with Gasteiger partial charge in [0.05, 0.1) is 5.69 Å². The van der Waals surface area contributed by atoms with Crippen molar-refractivity contribution in [2.24, 2.45) is 0 Å². The van der Waals surface area contributed by atoms with Gasteiger partial charge in [0.15, 0.2) is 5.60 Å². The highest BCUT2D eigenvalue weighted by Gasteiger charge is 2.52. The number of nitrogens with zero attached hydrogens (tertiary/aromatic N) is 2. The van der Waals surface area contributed by atoms with E-state index in [1.165, 1.54) is 24.0 Å². The summed E-state index contributed by atoms with van der Waals surface area (Å²) in [7, 11) is 1.51. The maximum Gasteiger partial charge on any atom is 0.287 e. The number of amides is 2. The maximum absolute atomic E-state index is 12.9. The van der Waals surface area contributed by atoms with E-state index >= 15 is 0 Å². The molecule has 0 aromatic heterocycles. The number of para-hydroxylation sites is 1. The molecule has 1 atom stereocenters. The summed E-state index contributed by atoms with van der Waals surface area (Å²) in [4.78, 5) is 24.6. The first-order chi connectivity index (χ1) is 10.5. The smallest absolute Gasteiger partial charge is 0.287 e. The molecule has 2 aromatic carbocycles. The van der Waals surface area contributed by atoms with Gasteiger partial charge in [0.25, 0.3) is 5.91 Å². The van der Waals surface area contributed by atoms with Crippen LogP contribution in [0.5, 0.6) is 0 Å². The minimum atomic E-state index is -1.79. The van der Waals surface area contributed by atoms with Gasteiger partial charge in [-0.1, -0.05) is 48.5 Å². The normalized spacial score (nSPS) is 20.0. The first-order valence-corrected chi connectivity index (χ1v) is 6.94. The van der Waals surface area contributed by atoms with Gasteiger partial charge in [-0.15, -0.1) is 0 Å². The Balaban J connectivity index is 2.22. The third-order valence-corrected chi connectivity index (χ3v) is 3.97. The summed E-state index contributed by atoms with van der Waals surface area (Å²) in [6.45, 7) is 1.37. The highest BCUT2D eigenvalue weighted by atomic mass is 16.3. The van der Waals surface area contributed by atoms with Crippen molar-refractivity contribution in [3.8, 4) is 0 Å².